The number of nitrogens with zero attached hydrogens (tertiary/aromatic N) is 2. The Balaban J connectivity index is 2.23. The Hall–Kier alpha value is -2.82. The van der Waals surface area contributed by atoms with E-state index in [2.05, 4.69) is 27.8 Å². The lowest BCUT2D eigenvalue weighted by molar-refractivity contribution is 0.0358. The van der Waals surface area contributed by atoms with Crippen molar-refractivity contribution < 1.29 is 9.59 Å². The van der Waals surface area contributed by atoms with Crippen molar-refractivity contribution in [2.45, 2.75) is 26.3 Å². The van der Waals surface area contributed by atoms with Crippen molar-refractivity contribution in [3.63, 3.8) is 0 Å². The number of benzene rings is 2. The molecule has 2 aromatic carbocycles. The molecule has 0 aliphatic rings. The zero-order valence-corrected chi connectivity index (χ0v) is 15.1. The molecule has 2 rings (SSSR count). The molecule has 0 spiro atoms. The quantitative estimate of drug-likeness (QED) is 0.515. The van der Waals surface area contributed by atoms with Gasteiger partial charge in [0.05, 0.1) is 16.4 Å². The van der Waals surface area contributed by atoms with Crippen molar-refractivity contribution in [1.29, 1.82) is 0 Å². The molecule has 0 heterocycles. The highest BCUT2D eigenvalue weighted by atomic mass is 32.1. The zero-order valence-electron chi connectivity index (χ0n) is 14.3. The number of nitrogens with one attached hydrogen (secondary N) is 1. The molecule has 6 heteroatoms. The van der Waals surface area contributed by atoms with Crippen LogP contribution < -0.4 is 5.43 Å². The lowest BCUT2D eigenvalue weighted by Gasteiger charge is -2.35. The number of aliphatic imine (C=N–C) groups is 1. The number of isothiocyanates is 1. The maximum absolute atomic E-state index is 12.8. The highest BCUT2D eigenvalue weighted by Crippen LogP contribution is 2.17. The minimum atomic E-state index is -0.593. The third-order valence-corrected chi connectivity index (χ3v) is 3.50. The largest absolute Gasteiger partial charge is 0.272 e. The third-order valence-electron chi connectivity index (χ3n) is 3.41. The van der Waals surface area contributed by atoms with Crippen molar-refractivity contribution in [3.8, 4) is 0 Å². The fourth-order valence-corrected chi connectivity index (χ4v) is 2.24. The minimum absolute atomic E-state index is 0.275. The Bertz CT molecular complexity index is 805. The monoisotopic (exact) mass is 353 g/mol. The van der Waals surface area contributed by atoms with Crippen LogP contribution >= 0.6 is 12.2 Å². The van der Waals surface area contributed by atoms with E-state index in [9.17, 15) is 9.59 Å². The topological polar surface area (TPSA) is 61.8 Å². The predicted molar refractivity (Wildman–Crippen MR) is 101 cm³/mol. The highest BCUT2D eigenvalue weighted by molar-refractivity contribution is 7.78. The number of amides is 2. The molecule has 5 nitrogen and oxygen atoms in total. The average Bonchev–Trinajstić information content (AvgIpc) is 2.59. The number of hydrogen-bond acceptors (Lipinski definition) is 4. The average molecular weight is 353 g/mol. The highest BCUT2D eigenvalue weighted by Gasteiger charge is 2.29. The van der Waals surface area contributed by atoms with Gasteiger partial charge in [-0.25, -0.2) is 5.01 Å². The van der Waals surface area contributed by atoms with Gasteiger partial charge in [-0.05, 0) is 69.4 Å². The van der Waals surface area contributed by atoms with Crippen LogP contribution in [-0.2, 0) is 0 Å². The van der Waals surface area contributed by atoms with Crippen LogP contribution in [-0.4, -0.2) is 27.5 Å². The van der Waals surface area contributed by atoms with Gasteiger partial charge < -0.3 is 0 Å². The normalized spacial score (nSPS) is 10.5. The van der Waals surface area contributed by atoms with Crippen LogP contribution in [0.5, 0.6) is 0 Å². The molecule has 0 aliphatic carbocycles. The molecule has 0 fully saturated rings. The van der Waals surface area contributed by atoms with E-state index in [0.717, 1.165) is 0 Å². The number of thiocarbonyl (C=S) groups is 1. The van der Waals surface area contributed by atoms with Crippen molar-refractivity contribution in [3.05, 3.63) is 65.7 Å². The molecule has 0 saturated carbocycles. The van der Waals surface area contributed by atoms with Crippen molar-refractivity contribution in [1.82, 2.24) is 10.4 Å². The summed E-state index contributed by atoms with van der Waals surface area (Å²) in [6, 6.07) is 15.4. The summed E-state index contributed by atoms with van der Waals surface area (Å²) >= 11 is 4.55. The van der Waals surface area contributed by atoms with E-state index in [0.29, 0.717) is 16.8 Å². The van der Waals surface area contributed by atoms with Crippen LogP contribution in [0.25, 0.3) is 0 Å². The molecule has 2 aromatic rings. The minimum Gasteiger partial charge on any atom is -0.267 e. The summed E-state index contributed by atoms with van der Waals surface area (Å²) in [5.41, 5.74) is 3.64. The van der Waals surface area contributed by atoms with Crippen molar-refractivity contribution in [2.24, 2.45) is 4.99 Å². The molecule has 128 valence electrons. The maximum Gasteiger partial charge on any atom is 0.272 e. The van der Waals surface area contributed by atoms with Gasteiger partial charge in [-0.15, -0.1) is 0 Å². The first-order chi connectivity index (χ1) is 11.8. The molecule has 0 unspecified atom stereocenters. The fourth-order valence-electron chi connectivity index (χ4n) is 2.14. The smallest absolute Gasteiger partial charge is 0.267 e. The summed E-state index contributed by atoms with van der Waals surface area (Å²) in [7, 11) is 0. The lowest BCUT2D eigenvalue weighted by atomic mass is 10.1. The van der Waals surface area contributed by atoms with E-state index < -0.39 is 5.54 Å². The van der Waals surface area contributed by atoms with Crippen molar-refractivity contribution in [2.75, 3.05) is 0 Å². The molecule has 0 saturated heterocycles. The van der Waals surface area contributed by atoms with Gasteiger partial charge >= 0.3 is 0 Å². The first-order valence-corrected chi connectivity index (χ1v) is 8.12. The number of carbonyl (C=O) groups is 2. The van der Waals surface area contributed by atoms with Gasteiger partial charge in [-0.3, -0.25) is 15.0 Å². The van der Waals surface area contributed by atoms with E-state index in [1.54, 1.807) is 48.5 Å². The summed E-state index contributed by atoms with van der Waals surface area (Å²) in [6.07, 6.45) is 0. The number of rotatable bonds is 3. The fraction of sp³-hybridized carbons (Fsp3) is 0.211. The predicted octanol–water partition coefficient (Wildman–Crippen LogP) is 4.01. The Kier molecular flexibility index (Phi) is 5.80. The van der Waals surface area contributed by atoms with Crippen LogP contribution in [0.1, 0.15) is 41.5 Å². The van der Waals surface area contributed by atoms with E-state index >= 15 is 0 Å². The summed E-state index contributed by atoms with van der Waals surface area (Å²) in [5.74, 6) is -0.652. The Labute approximate surface area is 152 Å². The molecule has 0 aromatic heterocycles. The SMILES string of the molecule is CC(C)(C)N(NC(=O)c1ccc(N=C=S)cc1)C(=O)c1ccccc1. The van der Waals surface area contributed by atoms with Crippen LogP contribution in [0.4, 0.5) is 5.69 Å². The van der Waals surface area contributed by atoms with E-state index in [4.69, 9.17) is 0 Å². The standard InChI is InChI=1S/C19H19N3O2S/c1-19(2,3)22(18(24)15-7-5-4-6-8-15)21-17(23)14-9-11-16(12-10-14)20-13-25/h4-12H,1-3H3,(H,21,23). The molecular weight excluding hydrogens is 334 g/mol. The van der Waals surface area contributed by atoms with E-state index in [1.807, 2.05) is 26.8 Å². The summed E-state index contributed by atoms with van der Waals surface area (Å²) in [5, 5.41) is 3.61. The second-order valence-electron chi connectivity index (χ2n) is 6.37. The molecule has 0 aliphatic heterocycles. The van der Waals surface area contributed by atoms with Crippen LogP contribution in [0, 0.1) is 0 Å². The van der Waals surface area contributed by atoms with Crippen LogP contribution in [0.3, 0.4) is 0 Å². The van der Waals surface area contributed by atoms with Gasteiger partial charge in [-0.1, -0.05) is 18.2 Å². The molecule has 2 amide bonds. The lowest BCUT2D eigenvalue weighted by Crippen LogP contribution is -2.55. The first-order valence-electron chi connectivity index (χ1n) is 7.71. The van der Waals surface area contributed by atoms with Gasteiger partial charge in [-0.2, -0.15) is 4.99 Å². The van der Waals surface area contributed by atoms with E-state index in [-0.39, 0.29) is 11.8 Å². The summed E-state index contributed by atoms with van der Waals surface area (Å²) in [4.78, 5) is 29.2. The second-order valence-corrected chi connectivity index (χ2v) is 6.55. The van der Waals surface area contributed by atoms with Gasteiger partial charge in [0.2, 0.25) is 0 Å². The first kappa shape index (κ1) is 18.5. The molecule has 0 atom stereocenters. The number of carbonyl (C=O) groups excluding carboxylic acids is 2. The Morgan fingerprint density at radius 2 is 1.60 bits per heavy atom. The maximum atomic E-state index is 12.8. The molecular formula is C19H19N3O2S. The summed E-state index contributed by atoms with van der Waals surface area (Å²) in [6.45, 7) is 5.56. The van der Waals surface area contributed by atoms with Crippen LogP contribution in [0.2, 0.25) is 0 Å². The number of hydrazine groups is 1. The molecule has 0 bridgehead atoms. The second kappa shape index (κ2) is 7.83. The van der Waals surface area contributed by atoms with E-state index in [1.165, 1.54) is 5.01 Å². The molecule has 1 N–H and O–H groups in total. The Morgan fingerprint density at radius 3 is 2.12 bits per heavy atom. The van der Waals surface area contributed by atoms with Crippen molar-refractivity contribution >= 4 is 34.9 Å². The van der Waals surface area contributed by atoms with Gasteiger partial charge in [0, 0.05) is 11.1 Å². The number of hydrogen-bond donors (Lipinski definition) is 1. The molecule has 25 heavy (non-hydrogen) atoms. The molecule has 0 radical (unpaired) electrons. The van der Waals surface area contributed by atoms with Gasteiger partial charge in [0.25, 0.3) is 11.8 Å². The van der Waals surface area contributed by atoms with Gasteiger partial charge in [0.1, 0.15) is 0 Å². The third kappa shape index (κ3) is 4.83. The van der Waals surface area contributed by atoms with Crippen LogP contribution in [0.15, 0.2) is 59.6 Å². The zero-order chi connectivity index (χ0) is 18.4. The Morgan fingerprint density at radius 1 is 1.00 bits per heavy atom. The summed E-state index contributed by atoms with van der Waals surface area (Å²) < 4.78 is 0. The van der Waals surface area contributed by atoms with Gasteiger partial charge in [0.15, 0.2) is 0 Å².